The van der Waals surface area contributed by atoms with Crippen LogP contribution in [0.4, 0.5) is 0 Å². The van der Waals surface area contributed by atoms with Crippen molar-refractivity contribution in [2.75, 3.05) is 0 Å². The standard InChI is InChI=1S/C6H14.7C2H4O2/c1-3-5-6-4-2;7*1-2(3)4/h3-6H2,1-2H3;7*1H3,(H,3,4). The van der Waals surface area contributed by atoms with Crippen LogP contribution in [0.15, 0.2) is 0 Å². The van der Waals surface area contributed by atoms with Crippen LogP contribution in [0.2, 0.25) is 0 Å². The average molecular weight is 507 g/mol. The fourth-order valence-electron chi connectivity index (χ4n) is 0.500. The molecular weight excluding hydrogens is 464 g/mol. The van der Waals surface area contributed by atoms with E-state index in [1.165, 1.54) is 25.7 Å². The third-order valence-corrected chi connectivity index (χ3v) is 0.957. The van der Waals surface area contributed by atoms with Gasteiger partial charge in [0.15, 0.2) is 0 Å². The average Bonchev–Trinajstić information content (AvgIpc) is 2.49. The second-order valence-corrected chi connectivity index (χ2v) is 5.34. The largest absolute Gasteiger partial charge is 0.481 e. The summed E-state index contributed by atoms with van der Waals surface area (Å²) in [6, 6.07) is 0. The van der Waals surface area contributed by atoms with Crippen LogP contribution in [0, 0.1) is 0 Å². The van der Waals surface area contributed by atoms with Crippen LogP contribution in [0.1, 0.15) is 88.0 Å². The SMILES string of the molecule is CC(=O)O.CC(=O)O.CC(=O)O.CC(=O)O.CC(=O)O.CC(=O)O.CC(=O)O.CCCCCC. The molecule has 0 fully saturated rings. The van der Waals surface area contributed by atoms with E-state index in [0.29, 0.717) is 0 Å². The van der Waals surface area contributed by atoms with E-state index < -0.39 is 41.8 Å². The topological polar surface area (TPSA) is 261 Å². The van der Waals surface area contributed by atoms with E-state index in [9.17, 15) is 0 Å². The van der Waals surface area contributed by atoms with Crippen LogP contribution in [0.5, 0.6) is 0 Å². The molecule has 0 saturated heterocycles. The van der Waals surface area contributed by atoms with Crippen molar-refractivity contribution in [3.8, 4) is 0 Å². The molecule has 0 radical (unpaired) electrons. The quantitative estimate of drug-likeness (QED) is 0.271. The Balaban J connectivity index is -0.0000000381. The summed E-state index contributed by atoms with van der Waals surface area (Å²) >= 11 is 0. The molecule has 0 aromatic carbocycles. The van der Waals surface area contributed by atoms with Gasteiger partial charge in [-0.3, -0.25) is 33.6 Å². The molecular formula is C20H42O14. The first-order chi connectivity index (χ1) is 15.0. The lowest BCUT2D eigenvalue weighted by Crippen LogP contribution is -1.78. The van der Waals surface area contributed by atoms with Gasteiger partial charge in [-0.2, -0.15) is 0 Å². The van der Waals surface area contributed by atoms with Gasteiger partial charge >= 0.3 is 0 Å². The first-order valence-electron chi connectivity index (χ1n) is 9.41. The van der Waals surface area contributed by atoms with Crippen molar-refractivity contribution in [3.63, 3.8) is 0 Å². The van der Waals surface area contributed by atoms with Crippen molar-refractivity contribution >= 4 is 41.8 Å². The van der Waals surface area contributed by atoms with Crippen LogP contribution < -0.4 is 0 Å². The number of hydrogen-bond donors (Lipinski definition) is 7. The summed E-state index contributed by atoms with van der Waals surface area (Å²) in [7, 11) is 0. The van der Waals surface area contributed by atoms with Gasteiger partial charge in [0.2, 0.25) is 0 Å². The summed E-state index contributed by atoms with van der Waals surface area (Å²) in [6.07, 6.45) is 5.54. The van der Waals surface area contributed by atoms with Crippen LogP contribution in [-0.2, 0) is 33.6 Å². The molecule has 0 aliphatic rings. The predicted octanol–water partition coefficient (Wildman–Crippen LogP) is 3.22. The Morgan fingerprint density at radius 1 is 0.353 bits per heavy atom. The number of carbonyl (C=O) groups is 7. The zero-order chi connectivity index (χ0) is 29.9. The van der Waals surface area contributed by atoms with Crippen molar-refractivity contribution in [1.29, 1.82) is 0 Å². The maximum absolute atomic E-state index is 9.00. The summed E-state index contributed by atoms with van der Waals surface area (Å²) in [5.74, 6) is -5.83. The molecule has 14 heteroatoms. The molecule has 0 aromatic heterocycles. The normalized spacial score (nSPS) is 6.74. The highest BCUT2D eigenvalue weighted by Gasteiger charge is 1.75. The Labute approximate surface area is 199 Å². The fourth-order valence-corrected chi connectivity index (χ4v) is 0.500. The zero-order valence-corrected chi connectivity index (χ0v) is 21.3. The molecule has 0 aliphatic heterocycles. The van der Waals surface area contributed by atoms with Crippen LogP contribution in [0.25, 0.3) is 0 Å². The summed E-state index contributed by atoms with van der Waals surface area (Å²) in [6.45, 7) is 12.0. The van der Waals surface area contributed by atoms with Gasteiger partial charge in [-0.15, -0.1) is 0 Å². The van der Waals surface area contributed by atoms with Gasteiger partial charge < -0.3 is 35.7 Å². The van der Waals surface area contributed by atoms with Gasteiger partial charge in [-0.25, -0.2) is 0 Å². The van der Waals surface area contributed by atoms with Crippen molar-refractivity contribution < 1.29 is 69.3 Å². The number of unbranched alkanes of at least 4 members (excludes halogenated alkanes) is 3. The van der Waals surface area contributed by atoms with Gasteiger partial charge in [0.05, 0.1) is 0 Å². The summed E-state index contributed by atoms with van der Waals surface area (Å²) in [5, 5.41) is 51.9. The first-order valence-corrected chi connectivity index (χ1v) is 9.41. The summed E-state index contributed by atoms with van der Waals surface area (Å²) in [4.78, 5) is 63.0. The number of carboxylic acids is 7. The molecule has 14 nitrogen and oxygen atoms in total. The van der Waals surface area contributed by atoms with E-state index in [-0.39, 0.29) is 0 Å². The van der Waals surface area contributed by atoms with Crippen LogP contribution in [-0.4, -0.2) is 77.5 Å². The molecule has 0 aliphatic carbocycles. The lowest BCUT2D eigenvalue weighted by molar-refractivity contribution is -0.135. The molecule has 0 spiro atoms. The Morgan fingerprint density at radius 2 is 0.412 bits per heavy atom. The monoisotopic (exact) mass is 506 g/mol. The van der Waals surface area contributed by atoms with Crippen molar-refractivity contribution in [1.82, 2.24) is 0 Å². The van der Waals surface area contributed by atoms with Crippen molar-refractivity contribution in [2.45, 2.75) is 88.0 Å². The molecule has 0 aromatic rings. The molecule has 0 heterocycles. The minimum absolute atomic E-state index is 0.833. The molecule has 0 amide bonds. The lowest BCUT2D eigenvalue weighted by atomic mass is 10.2. The number of carboxylic acid groups (broad SMARTS) is 7. The minimum Gasteiger partial charge on any atom is -0.481 e. The number of hydrogen-bond acceptors (Lipinski definition) is 7. The lowest BCUT2D eigenvalue weighted by Gasteiger charge is -1.86. The van der Waals surface area contributed by atoms with E-state index in [0.717, 1.165) is 48.5 Å². The summed E-state index contributed by atoms with van der Waals surface area (Å²) in [5.41, 5.74) is 0. The predicted molar refractivity (Wildman–Crippen MR) is 123 cm³/mol. The third-order valence-electron chi connectivity index (χ3n) is 0.957. The first kappa shape index (κ1) is 52.3. The molecule has 0 atom stereocenters. The van der Waals surface area contributed by atoms with Crippen LogP contribution in [0.3, 0.4) is 0 Å². The molecule has 0 bridgehead atoms. The number of aliphatic carboxylic acids is 7. The molecule has 0 saturated carbocycles. The van der Waals surface area contributed by atoms with Gasteiger partial charge in [0.25, 0.3) is 41.8 Å². The Kier molecular flexibility index (Phi) is 79.6. The van der Waals surface area contributed by atoms with E-state index in [1.54, 1.807) is 0 Å². The van der Waals surface area contributed by atoms with Gasteiger partial charge in [-0.1, -0.05) is 39.5 Å². The Bertz CT molecular complexity index is 363. The van der Waals surface area contributed by atoms with Gasteiger partial charge in [-0.05, 0) is 0 Å². The van der Waals surface area contributed by atoms with E-state index in [1.807, 2.05) is 0 Å². The van der Waals surface area contributed by atoms with Crippen LogP contribution >= 0.6 is 0 Å². The Hall–Kier alpha value is -3.71. The highest BCUT2D eigenvalue weighted by atomic mass is 16.4. The van der Waals surface area contributed by atoms with Gasteiger partial charge in [0, 0.05) is 48.5 Å². The smallest absolute Gasteiger partial charge is 0.300 e. The van der Waals surface area contributed by atoms with Gasteiger partial charge in [0.1, 0.15) is 0 Å². The van der Waals surface area contributed by atoms with E-state index >= 15 is 0 Å². The van der Waals surface area contributed by atoms with Crippen molar-refractivity contribution in [3.05, 3.63) is 0 Å². The highest BCUT2D eigenvalue weighted by molar-refractivity contribution is 5.64. The van der Waals surface area contributed by atoms with E-state index in [2.05, 4.69) is 13.8 Å². The molecule has 34 heavy (non-hydrogen) atoms. The minimum atomic E-state index is -0.833. The Morgan fingerprint density at radius 3 is 0.441 bits per heavy atom. The second-order valence-electron chi connectivity index (χ2n) is 5.34. The molecule has 7 N–H and O–H groups in total. The fraction of sp³-hybridized carbons (Fsp3) is 0.650. The number of rotatable bonds is 3. The van der Waals surface area contributed by atoms with E-state index in [4.69, 9.17) is 69.3 Å². The third kappa shape index (κ3) is 41800. The highest BCUT2D eigenvalue weighted by Crippen LogP contribution is 1.95. The zero-order valence-electron chi connectivity index (χ0n) is 21.3. The second kappa shape index (κ2) is 51.7. The van der Waals surface area contributed by atoms with Crippen molar-refractivity contribution in [2.24, 2.45) is 0 Å². The maximum Gasteiger partial charge on any atom is 0.300 e. The summed E-state index contributed by atoms with van der Waals surface area (Å²) < 4.78 is 0. The molecule has 0 unspecified atom stereocenters. The molecule has 206 valence electrons. The molecule has 0 rings (SSSR count). The maximum atomic E-state index is 9.00.